The summed E-state index contributed by atoms with van der Waals surface area (Å²) in [6.07, 6.45) is 0. The predicted octanol–water partition coefficient (Wildman–Crippen LogP) is 5.18. The highest BCUT2D eigenvalue weighted by Crippen LogP contribution is 2.36. The third-order valence-corrected chi connectivity index (χ3v) is 4.65. The summed E-state index contributed by atoms with van der Waals surface area (Å²) in [6, 6.07) is 13.9. The van der Waals surface area contributed by atoms with Gasteiger partial charge in [-0.2, -0.15) is 4.39 Å². The van der Waals surface area contributed by atoms with Crippen molar-refractivity contribution in [1.82, 2.24) is 0 Å². The molecule has 0 radical (unpaired) electrons. The quantitative estimate of drug-likeness (QED) is 0.0667. The first-order valence-electron chi connectivity index (χ1n) is 9.83. The van der Waals surface area contributed by atoms with Crippen LogP contribution in [0.4, 0.5) is 28.9 Å². The largest absolute Gasteiger partial charge is 0.506 e. The van der Waals surface area contributed by atoms with Gasteiger partial charge in [0.1, 0.15) is 16.9 Å². The number of carbonyl (C=O) groups is 1. The van der Waals surface area contributed by atoms with E-state index in [1.165, 1.54) is 31.2 Å². The Morgan fingerprint density at radius 1 is 0.941 bits per heavy atom. The van der Waals surface area contributed by atoms with Crippen LogP contribution in [-0.4, -0.2) is 28.5 Å². The summed E-state index contributed by atoms with van der Waals surface area (Å²) < 4.78 is 61.0. The van der Waals surface area contributed by atoms with E-state index in [1.54, 1.807) is 30.3 Å². The lowest BCUT2D eigenvalue weighted by Crippen LogP contribution is -2.20. The summed E-state index contributed by atoms with van der Waals surface area (Å²) in [6.45, 7) is 1.24. The Morgan fingerprint density at radius 2 is 1.53 bits per heavy atom. The molecule has 0 fully saturated rings. The third-order valence-electron chi connectivity index (χ3n) is 4.65. The minimum absolute atomic E-state index is 0.136. The number of hydrogen-bond acceptors (Lipinski definition) is 6. The van der Waals surface area contributed by atoms with Gasteiger partial charge in [-0.15, -0.1) is 0 Å². The number of hydrogen-bond donors (Lipinski definition) is 3. The van der Waals surface area contributed by atoms with E-state index in [0.29, 0.717) is 0 Å². The standard InChI is InChI=1S/C24H18F4N2O4/c1-2-34-24(33)16(22(31)15-17(25)18(26)19(27)20(28)23(15)32)21(12-8-4-3-5-9-12)30-14-11-7-6-10-13(14)29/h3-11,31-32H,2,29H2,1H3/b22-16+,30-21?. The first-order chi connectivity index (χ1) is 16.2. The van der Waals surface area contributed by atoms with Gasteiger partial charge in [-0.25, -0.2) is 23.0 Å². The fraction of sp³-hybridized carbons (Fsp3) is 0.0833. The number of esters is 1. The van der Waals surface area contributed by atoms with Crippen molar-refractivity contribution in [2.75, 3.05) is 12.3 Å². The fourth-order valence-corrected chi connectivity index (χ4v) is 3.04. The van der Waals surface area contributed by atoms with Crippen LogP contribution in [0.5, 0.6) is 5.75 Å². The summed E-state index contributed by atoms with van der Waals surface area (Å²) in [5.74, 6) is -13.3. The molecule has 0 spiro atoms. The summed E-state index contributed by atoms with van der Waals surface area (Å²) in [5, 5.41) is 20.8. The molecule has 0 saturated heterocycles. The average Bonchev–Trinajstić information content (AvgIpc) is 2.83. The van der Waals surface area contributed by atoms with E-state index < -0.39 is 51.9 Å². The molecular formula is C24H18F4N2O4. The maximum absolute atomic E-state index is 14.6. The number of phenols is 1. The molecule has 4 N–H and O–H groups in total. The van der Waals surface area contributed by atoms with Crippen LogP contribution in [0.1, 0.15) is 18.1 Å². The van der Waals surface area contributed by atoms with E-state index in [1.807, 2.05) is 0 Å². The second-order valence-electron chi connectivity index (χ2n) is 6.81. The molecule has 34 heavy (non-hydrogen) atoms. The van der Waals surface area contributed by atoms with E-state index in [9.17, 15) is 32.6 Å². The van der Waals surface area contributed by atoms with Crippen molar-refractivity contribution in [2.45, 2.75) is 6.92 Å². The van der Waals surface area contributed by atoms with Gasteiger partial charge in [0.15, 0.2) is 17.4 Å². The third kappa shape index (κ3) is 4.56. The number of nitrogens with two attached hydrogens (primary N) is 1. The van der Waals surface area contributed by atoms with Crippen LogP contribution < -0.4 is 5.73 Å². The highest BCUT2D eigenvalue weighted by Gasteiger charge is 2.33. The Bertz CT molecular complexity index is 1280. The molecule has 3 rings (SSSR count). The van der Waals surface area contributed by atoms with Crippen LogP contribution >= 0.6 is 0 Å². The van der Waals surface area contributed by atoms with Gasteiger partial charge in [0.25, 0.3) is 0 Å². The molecule has 3 aromatic rings. The molecule has 0 aliphatic rings. The molecule has 0 unspecified atom stereocenters. The van der Waals surface area contributed by atoms with Crippen molar-refractivity contribution in [3.05, 3.63) is 94.6 Å². The van der Waals surface area contributed by atoms with Crippen molar-refractivity contribution in [1.29, 1.82) is 0 Å². The van der Waals surface area contributed by atoms with Gasteiger partial charge in [-0.1, -0.05) is 42.5 Å². The van der Waals surface area contributed by atoms with Crippen molar-refractivity contribution in [3.8, 4) is 5.75 Å². The SMILES string of the molecule is CCOC(=O)/C(C(=Nc1ccccc1N)c1ccccc1)=C(/O)c1c(O)c(F)c(F)c(F)c1F. The average molecular weight is 474 g/mol. The molecule has 10 heteroatoms. The topological polar surface area (TPSA) is 105 Å². The number of halogens is 4. The lowest BCUT2D eigenvalue weighted by atomic mass is 9.97. The first kappa shape index (κ1) is 24.3. The number of benzene rings is 3. The van der Waals surface area contributed by atoms with Crippen LogP contribution in [-0.2, 0) is 9.53 Å². The Morgan fingerprint density at radius 3 is 2.15 bits per heavy atom. The number of aliphatic hydroxyl groups excluding tert-OH is 1. The lowest BCUT2D eigenvalue weighted by molar-refractivity contribution is -0.137. The maximum atomic E-state index is 14.6. The van der Waals surface area contributed by atoms with E-state index >= 15 is 0 Å². The van der Waals surface area contributed by atoms with Crippen LogP contribution in [0.25, 0.3) is 5.76 Å². The highest BCUT2D eigenvalue weighted by molar-refractivity contribution is 6.31. The van der Waals surface area contributed by atoms with Gasteiger partial charge in [-0.05, 0) is 19.1 Å². The molecule has 6 nitrogen and oxygen atoms in total. The fourth-order valence-electron chi connectivity index (χ4n) is 3.04. The molecular weight excluding hydrogens is 456 g/mol. The maximum Gasteiger partial charge on any atom is 0.344 e. The summed E-state index contributed by atoms with van der Waals surface area (Å²) in [7, 11) is 0. The van der Waals surface area contributed by atoms with E-state index in [2.05, 4.69) is 4.99 Å². The minimum Gasteiger partial charge on any atom is -0.506 e. The van der Waals surface area contributed by atoms with Gasteiger partial charge in [-0.3, -0.25) is 0 Å². The molecule has 0 aliphatic heterocycles. The molecule has 0 heterocycles. The monoisotopic (exact) mass is 474 g/mol. The lowest BCUT2D eigenvalue weighted by Gasteiger charge is -2.16. The van der Waals surface area contributed by atoms with E-state index in [-0.39, 0.29) is 29.3 Å². The van der Waals surface area contributed by atoms with Gasteiger partial charge in [0.05, 0.1) is 23.7 Å². The van der Waals surface area contributed by atoms with Crippen molar-refractivity contribution < 1.29 is 37.3 Å². The van der Waals surface area contributed by atoms with Crippen LogP contribution in [0.3, 0.4) is 0 Å². The van der Waals surface area contributed by atoms with Gasteiger partial charge in [0, 0.05) is 5.56 Å². The zero-order chi connectivity index (χ0) is 25.0. The van der Waals surface area contributed by atoms with Crippen LogP contribution in [0.15, 0.2) is 65.2 Å². The van der Waals surface area contributed by atoms with E-state index in [0.717, 1.165) is 0 Å². The number of carbonyl (C=O) groups excluding carboxylic acids is 1. The number of rotatable bonds is 6. The zero-order valence-corrected chi connectivity index (χ0v) is 17.7. The molecule has 0 aliphatic carbocycles. The molecule has 0 amide bonds. The second-order valence-corrected chi connectivity index (χ2v) is 6.81. The Labute approximate surface area is 191 Å². The number of nitrogen functional groups attached to an aromatic ring is 1. The van der Waals surface area contributed by atoms with Crippen LogP contribution in [0, 0.1) is 23.3 Å². The summed E-state index contributed by atoms with van der Waals surface area (Å²) in [5.41, 5.74) is 3.78. The Hall–Kier alpha value is -4.34. The number of nitrogens with zero attached hydrogens (tertiary/aromatic N) is 1. The Kier molecular flexibility index (Phi) is 7.20. The Balaban J connectivity index is 2.45. The molecule has 0 atom stereocenters. The van der Waals surface area contributed by atoms with Crippen LogP contribution in [0.2, 0.25) is 0 Å². The molecule has 3 aromatic carbocycles. The van der Waals surface area contributed by atoms with Crippen molar-refractivity contribution in [3.63, 3.8) is 0 Å². The molecule has 0 bridgehead atoms. The summed E-state index contributed by atoms with van der Waals surface area (Å²) in [4.78, 5) is 17.2. The highest BCUT2D eigenvalue weighted by atomic mass is 19.2. The minimum atomic E-state index is -2.30. The smallest absolute Gasteiger partial charge is 0.344 e. The second kappa shape index (κ2) is 10.1. The number of ether oxygens (including phenoxy) is 1. The normalized spacial score (nSPS) is 12.3. The number of aromatic hydroxyl groups is 1. The number of anilines is 1. The summed E-state index contributed by atoms with van der Waals surface area (Å²) >= 11 is 0. The first-order valence-corrected chi connectivity index (χ1v) is 9.83. The van der Waals surface area contributed by atoms with Crippen molar-refractivity contribution in [2.24, 2.45) is 4.99 Å². The predicted molar refractivity (Wildman–Crippen MR) is 118 cm³/mol. The zero-order valence-electron chi connectivity index (χ0n) is 17.7. The number of para-hydroxylation sites is 2. The number of aliphatic imine (C=N–C) groups is 1. The molecule has 0 saturated carbocycles. The van der Waals surface area contributed by atoms with Gasteiger partial charge < -0.3 is 20.7 Å². The molecule has 176 valence electrons. The molecule has 0 aromatic heterocycles. The van der Waals surface area contributed by atoms with E-state index in [4.69, 9.17) is 10.5 Å². The van der Waals surface area contributed by atoms with Crippen molar-refractivity contribution >= 4 is 28.8 Å². The van der Waals surface area contributed by atoms with Gasteiger partial charge >= 0.3 is 5.97 Å². The van der Waals surface area contributed by atoms with Gasteiger partial charge in [0.2, 0.25) is 11.6 Å². The number of aliphatic hydroxyl groups is 1. The number of phenolic OH excluding ortho intramolecular Hbond substituents is 1.